The van der Waals surface area contributed by atoms with Crippen LogP contribution in [0.4, 0.5) is 0 Å². The maximum Gasteiger partial charge on any atom is 0.228 e. The molecule has 6 heteroatoms. The topological polar surface area (TPSA) is 39.7 Å². The molecule has 2 saturated heterocycles. The molecule has 2 fully saturated rings. The largest absolute Gasteiger partial charge is 0.342 e. The number of thiazole rings is 1. The average molecular weight is 399 g/mol. The highest BCUT2D eigenvalue weighted by Gasteiger charge is 2.18. The monoisotopic (exact) mass is 398 g/mol. The summed E-state index contributed by atoms with van der Waals surface area (Å²) in [6, 6.07) is 8.72. The standard InChI is InChI=1S/C22H30N4OS/c1-24-10-12-25(13-11-24)16-18-6-5-7-19(14-18)22-23-20(17-28-22)15-21(27)26-8-3-2-4-9-26/h5-7,14,17H,2-4,8-13,15-16H2,1H3. The molecule has 2 aliphatic heterocycles. The quantitative estimate of drug-likeness (QED) is 0.776. The van der Waals surface area contributed by atoms with E-state index in [0.717, 1.165) is 74.9 Å². The van der Waals surface area contributed by atoms with E-state index in [2.05, 4.69) is 41.1 Å². The molecular weight excluding hydrogens is 368 g/mol. The van der Waals surface area contributed by atoms with Crippen LogP contribution in [0.15, 0.2) is 29.6 Å². The molecule has 0 radical (unpaired) electrons. The van der Waals surface area contributed by atoms with Crippen molar-refractivity contribution in [1.82, 2.24) is 19.7 Å². The van der Waals surface area contributed by atoms with Crippen molar-refractivity contribution < 1.29 is 4.79 Å². The van der Waals surface area contributed by atoms with Gasteiger partial charge in [-0.15, -0.1) is 11.3 Å². The van der Waals surface area contributed by atoms with Crippen LogP contribution < -0.4 is 0 Å². The van der Waals surface area contributed by atoms with Crippen LogP contribution in [0.2, 0.25) is 0 Å². The summed E-state index contributed by atoms with van der Waals surface area (Å²) in [5.74, 6) is 0.223. The number of nitrogens with zero attached hydrogens (tertiary/aromatic N) is 4. The van der Waals surface area contributed by atoms with Crippen molar-refractivity contribution >= 4 is 17.2 Å². The summed E-state index contributed by atoms with van der Waals surface area (Å²) in [5.41, 5.74) is 3.40. The lowest BCUT2D eigenvalue weighted by Crippen LogP contribution is -2.43. The Balaban J connectivity index is 1.38. The number of likely N-dealkylation sites (tertiary alicyclic amines) is 1. The molecular formula is C22H30N4OS. The molecule has 28 heavy (non-hydrogen) atoms. The fourth-order valence-corrected chi connectivity index (χ4v) is 4.81. The van der Waals surface area contributed by atoms with Gasteiger partial charge in [-0.25, -0.2) is 4.98 Å². The summed E-state index contributed by atoms with van der Waals surface area (Å²) in [5, 5.41) is 3.06. The van der Waals surface area contributed by atoms with Crippen LogP contribution >= 0.6 is 11.3 Å². The van der Waals surface area contributed by atoms with Gasteiger partial charge in [-0.05, 0) is 37.9 Å². The number of carbonyl (C=O) groups excluding carboxylic acids is 1. The lowest BCUT2D eigenvalue weighted by atomic mass is 10.1. The fourth-order valence-electron chi connectivity index (χ4n) is 4.00. The minimum atomic E-state index is 0.223. The second kappa shape index (κ2) is 9.16. The van der Waals surface area contributed by atoms with Crippen LogP contribution in [0.25, 0.3) is 10.6 Å². The molecule has 0 atom stereocenters. The Morgan fingerprint density at radius 3 is 2.64 bits per heavy atom. The van der Waals surface area contributed by atoms with E-state index < -0.39 is 0 Å². The molecule has 0 saturated carbocycles. The predicted molar refractivity (Wildman–Crippen MR) is 114 cm³/mol. The normalized spacial score (nSPS) is 19.1. The second-order valence-electron chi connectivity index (χ2n) is 8.04. The van der Waals surface area contributed by atoms with Crippen LogP contribution in [-0.4, -0.2) is 71.9 Å². The first kappa shape index (κ1) is 19.6. The predicted octanol–water partition coefficient (Wildman–Crippen LogP) is 3.11. The Morgan fingerprint density at radius 1 is 1.07 bits per heavy atom. The number of aromatic nitrogens is 1. The first-order valence-electron chi connectivity index (χ1n) is 10.4. The van der Waals surface area contributed by atoms with Crippen molar-refractivity contribution in [3.05, 3.63) is 40.9 Å². The minimum Gasteiger partial charge on any atom is -0.342 e. The first-order valence-corrected chi connectivity index (χ1v) is 11.3. The van der Waals surface area contributed by atoms with Crippen molar-refractivity contribution in [2.45, 2.75) is 32.2 Å². The summed E-state index contributed by atoms with van der Waals surface area (Å²) in [6.45, 7) is 7.34. The average Bonchev–Trinajstić information content (AvgIpc) is 3.19. The number of likely N-dealkylation sites (N-methyl/N-ethyl adjacent to an activating group) is 1. The van der Waals surface area contributed by atoms with Crippen molar-refractivity contribution in [2.24, 2.45) is 0 Å². The highest BCUT2D eigenvalue weighted by molar-refractivity contribution is 7.13. The number of carbonyl (C=O) groups is 1. The number of piperazine rings is 1. The van der Waals surface area contributed by atoms with E-state index in [0.29, 0.717) is 6.42 Å². The van der Waals surface area contributed by atoms with Gasteiger partial charge in [0.2, 0.25) is 5.91 Å². The van der Waals surface area contributed by atoms with Gasteiger partial charge < -0.3 is 9.80 Å². The summed E-state index contributed by atoms with van der Waals surface area (Å²) >= 11 is 1.64. The number of piperidine rings is 1. The minimum absolute atomic E-state index is 0.223. The van der Waals surface area contributed by atoms with Gasteiger partial charge in [-0.2, -0.15) is 0 Å². The van der Waals surface area contributed by atoms with Crippen LogP contribution in [0.5, 0.6) is 0 Å². The summed E-state index contributed by atoms with van der Waals surface area (Å²) in [6.07, 6.45) is 3.94. The van der Waals surface area contributed by atoms with Crippen molar-refractivity contribution in [3.63, 3.8) is 0 Å². The second-order valence-corrected chi connectivity index (χ2v) is 8.90. The fraction of sp³-hybridized carbons (Fsp3) is 0.545. The third-order valence-electron chi connectivity index (χ3n) is 5.77. The molecule has 150 valence electrons. The van der Waals surface area contributed by atoms with E-state index in [9.17, 15) is 4.79 Å². The summed E-state index contributed by atoms with van der Waals surface area (Å²) in [4.78, 5) is 24.2. The summed E-state index contributed by atoms with van der Waals surface area (Å²) in [7, 11) is 2.19. The molecule has 2 aliphatic rings. The molecule has 2 aromatic rings. The van der Waals surface area contributed by atoms with E-state index in [1.807, 2.05) is 10.3 Å². The van der Waals surface area contributed by atoms with Gasteiger partial charge in [0.05, 0.1) is 12.1 Å². The lowest BCUT2D eigenvalue weighted by molar-refractivity contribution is -0.131. The van der Waals surface area contributed by atoms with Crippen LogP contribution in [0, 0.1) is 0 Å². The van der Waals surface area contributed by atoms with Gasteiger partial charge in [-0.3, -0.25) is 9.69 Å². The van der Waals surface area contributed by atoms with Crippen molar-refractivity contribution in [3.8, 4) is 10.6 Å². The molecule has 1 aromatic carbocycles. The molecule has 3 heterocycles. The SMILES string of the molecule is CN1CCN(Cc2cccc(-c3nc(CC(=O)N4CCCCC4)cs3)c2)CC1. The maximum absolute atomic E-state index is 12.5. The van der Waals surface area contributed by atoms with Gasteiger partial charge in [0.15, 0.2) is 0 Å². The molecule has 5 nitrogen and oxygen atoms in total. The Labute approximate surface area is 172 Å². The van der Waals surface area contributed by atoms with Gasteiger partial charge >= 0.3 is 0 Å². The number of benzene rings is 1. The van der Waals surface area contributed by atoms with Crippen molar-refractivity contribution in [2.75, 3.05) is 46.3 Å². The molecule has 0 bridgehead atoms. The molecule has 1 amide bonds. The zero-order chi connectivity index (χ0) is 19.3. The van der Waals surface area contributed by atoms with Gasteiger partial charge in [0.1, 0.15) is 5.01 Å². The van der Waals surface area contributed by atoms with Crippen molar-refractivity contribution in [1.29, 1.82) is 0 Å². The first-order chi connectivity index (χ1) is 13.7. The van der Waals surface area contributed by atoms with Gasteiger partial charge in [-0.1, -0.05) is 18.2 Å². The molecule has 0 aliphatic carbocycles. The van der Waals surface area contributed by atoms with E-state index in [1.165, 1.54) is 12.0 Å². The highest BCUT2D eigenvalue weighted by atomic mass is 32.1. The van der Waals surface area contributed by atoms with Crippen LogP contribution in [0.3, 0.4) is 0 Å². The molecule has 4 rings (SSSR count). The Morgan fingerprint density at radius 2 is 1.86 bits per heavy atom. The maximum atomic E-state index is 12.5. The Hall–Kier alpha value is -1.76. The number of amides is 1. The van der Waals surface area contributed by atoms with E-state index in [1.54, 1.807) is 11.3 Å². The zero-order valence-electron chi connectivity index (χ0n) is 16.8. The van der Waals surface area contributed by atoms with E-state index in [4.69, 9.17) is 4.98 Å². The lowest BCUT2D eigenvalue weighted by Gasteiger charge is -2.32. The third kappa shape index (κ3) is 4.99. The number of hydrogen-bond donors (Lipinski definition) is 0. The zero-order valence-corrected chi connectivity index (χ0v) is 17.6. The Kier molecular flexibility index (Phi) is 6.40. The van der Waals surface area contributed by atoms with Crippen LogP contribution in [-0.2, 0) is 17.8 Å². The number of rotatable bonds is 5. The highest BCUT2D eigenvalue weighted by Crippen LogP contribution is 2.26. The molecule has 0 unspecified atom stereocenters. The molecule has 0 N–H and O–H groups in total. The van der Waals surface area contributed by atoms with Crippen LogP contribution in [0.1, 0.15) is 30.5 Å². The Bertz CT molecular complexity index is 791. The summed E-state index contributed by atoms with van der Waals surface area (Å²) < 4.78 is 0. The third-order valence-corrected chi connectivity index (χ3v) is 6.71. The number of hydrogen-bond acceptors (Lipinski definition) is 5. The van der Waals surface area contributed by atoms with Gasteiger partial charge in [0, 0.05) is 56.8 Å². The molecule has 0 spiro atoms. The smallest absolute Gasteiger partial charge is 0.228 e. The van der Waals surface area contributed by atoms with E-state index >= 15 is 0 Å². The van der Waals surface area contributed by atoms with Gasteiger partial charge in [0.25, 0.3) is 0 Å². The molecule has 1 aromatic heterocycles. The van der Waals surface area contributed by atoms with E-state index in [-0.39, 0.29) is 5.91 Å².